The van der Waals surface area contributed by atoms with Gasteiger partial charge in [0.2, 0.25) is 0 Å². The zero-order valence-electron chi connectivity index (χ0n) is 15.5. The van der Waals surface area contributed by atoms with Gasteiger partial charge in [-0.05, 0) is 41.5 Å². The molecular formula is C23H30O2. The van der Waals surface area contributed by atoms with E-state index in [9.17, 15) is 0 Å². The summed E-state index contributed by atoms with van der Waals surface area (Å²) in [6, 6.07) is 17.7. The van der Waals surface area contributed by atoms with Crippen molar-refractivity contribution in [1.29, 1.82) is 0 Å². The van der Waals surface area contributed by atoms with Crippen LogP contribution in [0.1, 0.15) is 56.8 Å². The second-order valence-corrected chi connectivity index (χ2v) is 6.99. The van der Waals surface area contributed by atoms with Gasteiger partial charge >= 0.3 is 0 Å². The average molecular weight is 338 g/mol. The van der Waals surface area contributed by atoms with Crippen LogP contribution in [0.25, 0.3) is 11.1 Å². The molecule has 2 nitrogen and oxygen atoms in total. The Balaban J connectivity index is 1.60. The maximum Gasteiger partial charge on any atom is 0.106 e. The zero-order chi connectivity index (χ0) is 17.5. The molecule has 1 aliphatic heterocycles. The van der Waals surface area contributed by atoms with Crippen LogP contribution in [0.4, 0.5) is 0 Å². The molecule has 0 spiro atoms. The van der Waals surface area contributed by atoms with E-state index in [2.05, 4.69) is 62.4 Å². The largest absolute Gasteiger partial charge is 0.373 e. The minimum absolute atomic E-state index is 0.0681. The van der Waals surface area contributed by atoms with E-state index in [1.54, 1.807) is 0 Å². The van der Waals surface area contributed by atoms with Crippen LogP contribution in [0.3, 0.4) is 0 Å². The van der Waals surface area contributed by atoms with Gasteiger partial charge in [-0.3, -0.25) is 0 Å². The highest BCUT2D eigenvalue weighted by Crippen LogP contribution is 2.27. The smallest absolute Gasteiger partial charge is 0.106 e. The summed E-state index contributed by atoms with van der Waals surface area (Å²) in [6.45, 7) is 5.79. The Morgan fingerprint density at radius 2 is 1.48 bits per heavy atom. The lowest BCUT2D eigenvalue weighted by atomic mass is 9.99. The predicted octanol–water partition coefficient (Wildman–Crippen LogP) is 5.95. The van der Waals surface area contributed by atoms with E-state index in [4.69, 9.17) is 9.47 Å². The topological polar surface area (TPSA) is 18.5 Å². The van der Waals surface area contributed by atoms with Crippen LogP contribution in [-0.4, -0.2) is 19.3 Å². The van der Waals surface area contributed by atoms with Gasteiger partial charge in [0.25, 0.3) is 0 Å². The molecule has 2 atom stereocenters. The second kappa shape index (κ2) is 9.17. The summed E-state index contributed by atoms with van der Waals surface area (Å²) in [5, 5.41) is 0. The minimum Gasteiger partial charge on any atom is -0.373 e. The zero-order valence-corrected chi connectivity index (χ0v) is 15.5. The van der Waals surface area contributed by atoms with Gasteiger partial charge in [-0.25, -0.2) is 0 Å². The molecule has 1 heterocycles. The minimum atomic E-state index is 0.0681. The highest BCUT2D eigenvalue weighted by Gasteiger charge is 2.22. The summed E-state index contributed by atoms with van der Waals surface area (Å²) >= 11 is 0. The van der Waals surface area contributed by atoms with Crippen LogP contribution < -0.4 is 0 Å². The molecule has 1 aliphatic rings. The highest BCUT2D eigenvalue weighted by molar-refractivity contribution is 5.64. The lowest BCUT2D eigenvalue weighted by molar-refractivity contribution is -0.137. The fraction of sp³-hybridized carbons (Fsp3) is 0.478. The monoisotopic (exact) mass is 338 g/mol. The maximum absolute atomic E-state index is 6.00. The summed E-state index contributed by atoms with van der Waals surface area (Å²) in [7, 11) is 0. The molecule has 2 aromatic carbocycles. The van der Waals surface area contributed by atoms with Crippen LogP contribution >= 0.6 is 0 Å². The number of unbranched alkanes of at least 4 members (excludes halogenated alkanes) is 1. The van der Waals surface area contributed by atoms with Crippen molar-refractivity contribution in [3.63, 3.8) is 0 Å². The van der Waals surface area contributed by atoms with Crippen molar-refractivity contribution in [2.24, 2.45) is 0 Å². The van der Waals surface area contributed by atoms with Gasteiger partial charge in [-0.15, -0.1) is 0 Å². The number of aryl methyl sites for hydroxylation is 1. The standard InChI is InChI=1S/C23H30O2/c1-3-5-7-18-8-10-19(11-9-18)20-12-14-21(15-13-20)23-17-24-22(6-4-2)16-25-23/h8-15,22-23H,3-7,16-17H2,1-2H3/t22-,23-/m1/s1. The molecule has 0 unspecified atom stereocenters. The van der Waals surface area contributed by atoms with Crippen molar-refractivity contribution in [3.8, 4) is 11.1 Å². The molecule has 1 saturated heterocycles. The molecule has 3 rings (SSSR count). The first-order valence-corrected chi connectivity index (χ1v) is 9.72. The lowest BCUT2D eigenvalue weighted by Gasteiger charge is -2.29. The molecule has 0 saturated carbocycles. The second-order valence-electron chi connectivity index (χ2n) is 6.99. The molecule has 0 amide bonds. The van der Waals surface area contributed by atoms with E-state index in [1.807, 2.05) is 0 Å². The van der Waals surface area contributed by atoms with Gasteiger partial charge in [0, 0.05) is 0 Å². The fourth-order valence-electron chi connectivity index (χ4n) is 3.36. The Labute approximate surface area is 152 Å². The van der Waals surface area contributed by atoms with Crippen LogP contribution in [0.2, 0.25) is 0 Å². The van der Waals surface area contributed by atoms with Crippen LogP contribution in [0.15, 0.2) is 48.5 Å². The molecule has 1 fully saturated rings. The normalized spacial score (nSPS) is 20.6. The number of benzene rings is 2. The summed E-state index contributed by atoms with van der Waals surface area (Å²) in [6.07, 6.45) is 6.25. The van der Waals surface area contributed by atoms with Crippen LogP contribution in [-0.2, 0) is 15.9 Å². The van der Waals surface area contributed by atoms with Crippen molar-refractivity contribution in [1.82, 2.24) is 0 Å². The van der Waals surface area contributed by atoms with Gasteiger partial charge in [-0.1, -0.05) is 75.2 Å². The molecule has 0 aliphatic carbocycles. The highest BCUT2D eigenvalue weighted by atomic mass is 16.6. The first-order chi connectivity index (χ1) is 12.3. The van der Waals surface area contributed by atoms with Crippen molar-refractivity contribution in [2.75, 3.05) is 13.2 Å². The van der Waals surface area contributed by atoms with Crippen molar-refractivity contribution >= 4 is 0 Å². The van der Waals surface area contributed by atoms with Crippen molar-refractivity contribution < 1.29 is 9.47 Å². The van der Waals surface area contributed by atoms with Crippen LogP contribution in [0.5, 0.6) is 0 Å². The summed E-state index contributed by atoms with van der Waals surface area (Å²) in [4.78, 5) is 0. The molecule has 0 bridgehead atoms. The molecule has 134 valence electrons. The number of rotatable bonds is 7. The summed E-state index contributed by atoms with van der Waals surface area (Å²) < 4.78 is 11.9. The molecule has 0 aromatic heterocycles. The lowest BCUT2D eigenvalue weighted by Crippen LogP contribution is -2.30. The number of ether oxygens (including phenoxy) is 2. The number of hydrogen-bond donors (Lipinski definition) is 0. The Morgan fingerprint density at radius 3 is 2.04 bits per heavy atom. The molecular weight excluding hydrogens is 308 g/mol. The van der Waals surface area contributed by atoms with E-state index in [0.717, 1.165) is 12.8 Å². The molecule has 25 heavy (non-hydrogen) atoms. The van der Waals surface area contributed by atoms with E-state index in [0.29, 0.717) is 13.2 Å². The van der Waals surface area contributed by atoms with Crippen LogP contribution in [0, 0.1) is 0 Å². The summed E-state index contributed by atoms with van der Waals surface area (Å²) in [5.41, 5.74) is 5.16. The van der Waals surface area contributed by atoms with E-state index in [1.165, 1.54) is 41.5 Å². The Bertz CT molecular complexity index is 622. The number of hydrogen-bond acceptors (Lipinski definition) is 2. The first kappa shape index (κ1) is 18.2. The Morgan fingerprint density at radius 1 is 0.800 bits per heavy atom. The predicted molar refractivity (Wildman–Crippen MR) is 104 cm³/mol. The first-order valence-electron chi connectivity index (χ1n) is 9.72. The van der Waals surface area contributed by atoms with E-state index < -0.39 is 0 Å². The van der Waals surface area contributed by atoms with Gasteiger partial charge in [-0.2, -0.15) is 0 Å². The SMILES string of the molecule is CCCCc1ccc(-c2ccc([C@H]3CO[C@H](CCC)CO3)cc2)cc1. The Kier molecular flexibility index (Phi) is 6.66. The quantitative estimate of drug-likeness (QED) is 0.621. The van der Waals surface area contributed by atoms with E-state index in [-0.39, 0.29) is 12.2 Å². The van der Waals surface area contributed by atoms with Crippen molar-refractivity contribution in [3.05, 3.63) is 59.7 Å². The molecule has 0 N–H and O–H groups in total. The van der Waals surface area contributed by atoms with Gasteiger partial charge in [0.1, 0.15) is 6.10 Å². The average Bonchev–Trinajstić information content (AvgIpc) is 2.68. The van der Waals surface area contributed by atoms with Crippen molar-refractivity contribution in [2.45, 2.75) is 58.2 Å². The third kappa shape index (κ3) is 4.93. The molecule has 2 heteroatoms. The Hall–Kier alpha value is -1.64. The maximum atomic E-state index is 6.00. The molecule has 2 aromatic rings. The van der Waals surface area contributed by atoms with Gasteiger partial charge < -0.3 is 9.47 Å². The van der Waals surface area contributed by atoms with Gasteiger partial charge in [0.15, 0.2) is 0 Å². The molecule has 0 radical (unpaired) electrons. The summed E-state index contributed by atoms with van der Waals surface area (Å²) in [5.74, 6) is 0. The van der Waals surface area contributed by atoms with E-state index >= 15 is 0 Å². The fourth-order valence-corrected chi connectivity index (χ4v) is 3.36. The third-order valence-electron chi connectivity index (χ3n) is 4.97. The van der Waals surface area contributed by atoms with Gasteiger partial charge in [0.05, 0.1) is 19.3 Å². The third-order valence-corrected chi connectivity index (χ3v) is 4.97.